The van der Waals surface area contributed by atoms with Gasteiger partial charge in [-0.25, -0.2) is 0 Å². The number of ether oxygens (including phenoxy) is 1. The van der Waals surface area contributed by atoms with E-state index >= 15 is 0 Å². The van der Waals surface area contributed by atoms with Crippen LogP contribution < -0.4 is 4.74 Å². The Labute approximate surface area is 186 Å². The Bertz CT molecular complexity index is 1070. The summed E-state index contributed by atoms with van der Waals surface area (Å²) in [5.41, 5.74) is 5.54. The maximum absolute atomic E-state index is 11.1. The molecule has 3 aromatic carbocycles. The van der Waals surface area contributed by atoms with Crippen LogP contribution in [0, 0.1) is 0 Å². The largest absolute Gasteiger partial charge is 0.507 e. The lowest BCUT2D eigenvalue weighted by Gasteiger charge is -2.33. The van der Waals surface area contributed by atoms with E-state index in [9.17, 15) is 5.11 Å². The smallest absolute Gasteiger partial charge is 0.123 e. The summed E-state index contributed by atoms with van der Waals surface area (Å²) in [6, 6.07) is 17.2. The van der Waals surface area contributed by atoms with E-state index in [0.717, 1.165) is 16.5 Å². The van der Waals surface area contributed by atoms with Gasteiger partial charge in [-0.1, -0.05) is 82.1 Å². The molecule has 2 heteroatoms. The first kappa shape index (κ1) is 20.4. The zero-order valence-electron chi connectivity index (χ0n) is 18.8. The predicted octanol–water partition coefficient (Wildman–Crippen LogP) is 8.13. The summed E-state index contributed by atoms with van der Waals surface area (Å²) >= 11 is 0. The highest BCUT2D eigenvalue weighted by molar-refractivity contribution is 6.05. The molecular formula is C29H34O2. The second-order valence-electron chi connectivity index (χ2n) is 9.54. The van der Waals surface area contributed by atoms with Gasteiger partial charge < -0.3 is 9.84 Å². The van der Waals surface area contributed by atoms with Crippen molar-refractivity contribution in [3.8, 4) is 22.6 Å². The van der Waals surface area contributed by atoms with Crippen LogP contribution in [0.2, 0.25) is 0 Å². The summed E-state index contributed by atoms with van der Waals surface area (Å²) in [6.45, 7) is 0. The van der Waals surface area contributed by atoms with Crippen molar-refractivity contribution < 1.29 is 9.84 Å². The van der Waals surface area contributed by atoms with Crippen molar-refractivity contribution in [2.45, 2.75) is 76.0 Å². The third-order valence-electron chi connectivity index (χ3n) is 7.76. The van der Waals surface area contributed by atoms with Gasteiger partial charge in [-0.3, -0.25) is 0 Å². The first-order valence-electron chi connectivity index (χ1n) is 12.2. The molecule has 2 nitrogen and oxygen atoms in total. The Morgan fingerprint density at radius 2 is 1.35 bits per heavy atom. The van der Waals surface area contributed by atoms with Gasteiger partial charge in [0.15, 0.2) is 0 Å². The molecule has 3 aromatic rings. The van der Waals surface area contributed by atoms with E-state index < -0.39 is 0 Å². The summed E-state index contributed by atoms with van der Waals surface area (Å²) < 4.78 is 5.44. The minimum absolute atomic E-state index is 0.0245. The number of phenols is 1. The molecule has 1 fully saturated rings. The van der Waals surface area contributed by atoms with Gasteiger partial charge in [0.25, 0.3) is 0 Å². The molecule has 1 spiro atoms. The van der Waals surface area contributed by atoms with Crippen molar-refractivity contribution in [3.05, 3.63) is 59.7 Å². The van der Waals surface area contributed by atoms with Crippen molar-refractivity contribution in [2.24, 2.45) is 0 Å². The molecule has 0 amide bonds. The van der Waals surface area contributed by atoms with Crippen molar-refractivity contribution in [2.75, 3.05) is 7.11 Å². The number of rotatable bonds is 1. The zero-order chi connectivity index (χ0) is 21.3. The standard InChI is InChI=1S/C29H34O2/c1-31-21-15-16-22-24(19-21)27(30)20-26-28(22)23-13-9-10-14-25(23)29(26)17-11-7-5-3-2-4-6-8-12-18-29/h9-10,13-16,19-20,30H,2-8,11-12,17-18H2,1H3. The van der Waals surface area contributed by atoms with Gasteiger partial charge in [0.05, 0.1) is 7.11 Å². The fourth-order valence-corrected chi connectivity index (χ4v) is 6.20. The summed E-state index contributed by atoms with van der Waals surface area (Å²) in [4.78, 5) is 0. The minimum Gasteiger partial charge on any atom is -0.507 e. The molecular weight excluding hydrogens is 380 g/mol. The Morgan fingerprint density at radius 1 is 0.710 bits per heavy atom. The Morgan fingerprint density at radius 3 is 2.03 bits per heavy atom. The molecule has 2 aliphatic rings. The van der Waals surface area contributed by atoms with Crippen molar-refractivity contribution in [1.29, 1.82) is 0 Å². The Balaban J connectivity index is 1.70. The first-order chi connectivity index (χ1) is 15.2. The van der Waals surface area contributed by atoms with Crippen LogP contribution in [0.5, 0.6) is 11.5 Å². The molecule has 0 unspecified atom stereocenters. The van der Waals surface area contributed by atoms with Crippen LogP contribution in [-0.4, -0.2) is 12.2 Å². The van der Waals surface area contributed by atoms with Gasteiger partial charge in [0.2, 0.25) is 0 Å². The van der Waals surface area contributed by atoms with Crippen molar-refractivity contribution >= 4 is 10.8 Å². The van der Waals surface area contributed by atoms with Crippen molar-refractivity contribution in [3.63, 3.8) is 0 Å². The van der Waals surface area contributed by atoms with E-state index in [4.69, 9.17) is 4.74 Å². The van der Waals surface area contributed by atoms with Crippen LogP contribution in [0.25, 0.3) is 21.9 Å². The zero-order valence-corrected chi connectivity index (χ0v) is 18.8. The molecule has 2 aliphatic carbocycles. The van der Waals surface area contributed by atoms with E-state index in [0.29, 0.717) is 5.75 Å². The highest BCUT2D eigenvalue weighted by Gasteiger charge is 2.43. The molecule has 0 heterocycles. The topological polar surface area (TPSA) is 29.5 Å². The molecule has 0 aromatic heterocycles. The van der Waals surface area contributed by atoms with Gasteiger partial charge in [0.1, 0.15) is 11.5 Å². The molecule has 1 N–H and O–H groups in total. The van der Waals surface area contributed by atoms with Gasteiger partial charge >= 0.3 is 0 Å². The predicted molar refractivity (Wildman–Crippen MR) is 129 cm³/mol. The Hall–Kier alpha value is -2.48. The van der Waals surface area contributed by atoms with E-state index in [2.05, 4.69) is 36.4 Å². The molecule has 0 radical (unpaired) electrons. The lowest BCUT2D eigenvalue weighted by molar-refractivity contribution is 0.388. The second-order valence-corrected chi connectivity index (χ2v) is 9.54. The number of methoxy groups -OCH3 is 1. The van der Waals surface area contributed by atoms with E-state index in [1.807, 2.05) is 12.1 Å². The fourth-order valence-electron chi connectivity index (χ4n) is 6.20. The number of aromatic hydroxyl groups is 1. The molecule has 31 heavy (non-hydrogen) atoms. The van der Waals surface area contributed by atoms with Crippen molar-refractivity contribution in [1.82, 2.24) is 0 Å². The van der Waals surface area contributed by atoms with E-state index in [1.165, 1.54) is 92.9 Å². The van der Waals surface area contributed by atoms with Gasteiger partial charge in [0, 0.05) is 10.8 Å². The van der Waals surface area contributed by atoms with Gasteiger partial charge in [-0.2, -0.15) is 0 Å². The van der Waals surface area contributed by atoms with Gasteiger partial charge in [-0.05, 0) is 64.7 Å². The average Bonchev–Trinajstić information content (AvgIpc) is 3.06. The number of fused-ring (bicyclic) bond motifs is 7. The summed E-state index contributed by atoms with van der Waals surface area (Å²) in [7, 11) is 1.68. The SMILES string of the molecule is COc1ccc2c3c(cc(O)c2c1)C1(CCCCCCCCCCC1)c1ccccc1-3. The molecule has 0 aliphatic heterocycles. The van der Waals surface area contributed by atoms with Crippen LogP contribution in [0.3, 0.4) is 0 Å². The summed E-state index contributed by atoms with van der Waals surface area (Å²) in [6.07, 6.45) is 14.4. The average molecular weight is 415 g/mol. The highest BCUT2D eigenvalue weighted by atomic mass is 16.5. The normalized spacial score (nSPS) is 18.7. The third-order valence-corrected chi connectivity index (χ3v) is 7.76. The second kappa shape index (κ2) is 8.57. The van der Waals surface area contributed by atoms with E-state index in [-0.39, 0.29) is 5.41 Å². The third kappa shape index (κ3) is 3.50. The minimum atomic E-state index is 0.0245. The number of hydrogen-bond acceptors (Lipinski definition) is 2. The molecule has 1 saturated carbocycles. The lowest BCUT2D eigenvalue weighted by atomic mass is 9.70. The van der Waals surface area contributed by atoms with Crippen LogP contribution >= 0.6 is 0 Å². The number of phenolic OH excluding ortho intramolecular Hbond substituents is 1. The molecule has 5 rings (SSSR count). The van der Waals surface area contributed by atoms with Crippen LogP contribution in [0.4, 0.5) is 0 Å². The fraction of sp³-hybridized carbons (Fsp3) is 0.448. The summed E-state index contributed by atoms with van der Waals surface area (Å²) in [5, 5.41) is 13.1. The summed E-state index contributed by atoms with van der Waals surface area (Å²) in [5.74, 6) is 1.17. The van der Waals surface area contributed by atoms with Crippen LogP contribution in [0.15, 0.2) is 48.5 Å². The monoisotopic (exact) mass is 414 g/mol. The Kier molecular flexibility index (Phi) is 5.65. The molecule has 162 valence electrons. The molecule has 0 atom stereocenters. The highest BCUT2D eigenvalue weighted by Crippen LogP contribution is 2.57. The molecule has 0 bridgehead atoms. The quantitative estimate of drug-likeness (QED) is 0.435. The van der Waals surface area contributed by atoms with E-state index in [1.54, 1.807) is 7.11 Å². The molecule has 0 saturated heterocycles. The van der Waals surface area contributed by atoms with Crippen LogP contribution in [0.1, 0.15) is 81.8 Å². The lowest BCUT2D eigenvalue weighted by Crippen LogP contribution is -2.25. The number of benzene rings is 3. The maximum atomic E-state index is 11.1. The maximum Gasteiger partial charge on any atom is 0.123 e. The van der Waals surface area contributed by atoms with Crippen LogP contribution in [-0.2, 0) is 5.41 Å². The first-order valence-corrected chi connectivity index (χ1v) is 12.2. The van der Waals surface area contributed by atoms with Gasteiger partial charge in [-0.15, -0.1) is 0 Å². The number of hydrogen-bond donors (Lipinski definition) is 1.